The first-order valence-electron chi connectivity index (χ1n) is 8.79. The van der Waals surface area contributed by atoms with Gasteiger partial charge in [0.15, 0.2) is 0 Å². The van der Waals surface area contributed by atoms with E-state index in [1.165, 1.54) is 0 Å². The van der Waals surface area contributed by atoms with Gasteiger partial charge in [-0.2, -0.15) is 0 Å². The summed E-state index contributed by atoms with van der Waals surface area (Å²) >= 11 is 0. The lowest BCUT2D eigenvalue weighted by atomic mass is 10.1. The largest absolute Gasteiger partial charge is 0.312 e. The second kappa shape index (κ2) is 7.11. The van der Waals surface area contributed by atoms with Crippen molar-refractivity contribution in [1.29, 1.82) is 0 Å². The van der Waals surface area contributed by atoms with Crippen LogP contribution in [0.1, 0.15) is 36.0 Å². The second-order valence-electron chi connectivity index (χ2n) is 6.86. The molecule has 26 heavy (non-hydrogen) atoms. The Morgan fingerprint density at radius 2 is 1.69 bits per heavy atom. The first kappa shape index (κ1) is 18.5. The molecule has 1 aliphatic rings. The molecule has 0 radical (unpaired) electrons. The summed E-state index contributed by atoms with van der Waals surface area (Å²) in [6.07, 6.45) is 2.50. The highest BCUT2D eigenvalue weighted by atomic mass is 32.2. The van der Waals surface area contributed by atoms with Gasteiger partial charge in [0.25, 0.3) is 10.0 Å². The molecule has 3 rings (SSSR count). The molecule has 0 aliphatic carbocycles. The number of nitrogens with zero attached hydrogens (tertiary/aromatic N) is 1. The van der Waals surface area contributed by atoms with Crippen LogP contribution in [-0.4, -0.2) is 20.9 Å². The maximum absolute atomic E-state index is 12.6. The molecule has 1 amide bonds. The highest BCUT2D eigenvalue weighted by Crippen LogP contribution is 2.28. The van der Waals surface area contributed by atoms with Crippen LogP contribution >= 0.6 is 0 Å². The Kier molecular flexibility index (Phi) is 5.05. The molecule has 1 saturated heterocycles. The number of piperidine rings is 1. The minimum Gasteiger partial charge on any atom is -0.312 e. The molecule has 0 aromatic heterocycles. The third-order valence-electron chi connectivity index (χ3n) is 4.85. The lowest BCUT2D eigenvalue weighted by molar-refractivity contribution is -0.119. The van der Waals surface area contributed by atoms with E-state index in [9.17, 15) is 13.2 Å². The molecule has 0 unspecified atom stereocenters. The van der Waals surface area contributed by atoms with Crippen LogP contribution < -0.4 is 9.62 Å². The first-order valence-corrected chi connectivity index (χ1v) is 10.3. The molecule has 2 aromatic rings. The van der Waals surface area contributed by atoms with Gasteiger partial charge in [-0.05, 0) is 80.6 Å². The van der Waals surface area contributed by atoms with Crippen LogP contribution in [0.4, 0.5) is 11.4 Å². The van der Waals surface area contributed by atoms with E-state index in [0.29, 0.717) is 18.7 Å². The highest BCUT2D eigenvalue weighted by molar-refractivity contribution is 7.92. The number of aryl methyl sites for hydroxylation is 3. The van der Waals surface area contributed by atoms with Gasteiger partial charge >= 0.3 is 0 Å². The van der Waals surface area contributed by atoms with E-state index in [1.807, 2.05) is 26.8 Å². The summed E-state index contributed by atoms with van der Waals surface area (Å²) in [6.45, 7) is 6.45. The number of carbonyl (C=O) groups is 1. The van der Waals surface area contributed by atoms with Gasteiger partial charge < -0.3 is 4.90 Å². The molecule has 0 saturated carbocycles. The zero-order valence-corrected chi connectivity index (χ0v) is 16.2. The number of carbonyl (C=O) groups excluding carboxylic acids is 1. The fourth-order valence-electron chi connectivity index (χ4n) is 3.18. The van der Waals surface area contributed by atoms with Crippen LogP contribution in [0.3, 0.4) is 0 Å². The van der Waals surface area contributed by atoms with Crippen molar-refractivity contribution in [2.75, 3.05) is 16.2 Å². The Morgan fingerprint density at radius 3 is 2.35 bits per heavy atom. The van der Waals surface area contributed by atoms with Crippen molar-refractivity contribution in [3.05, 3.63) is 53.1 Å². The number of benzene rings is 2. The SMILES string of the molecule is Cc1ccc(S(=O)(=O)Nc2ccc(N3CCCCC3=O)c(C)c2)cc1C. The summed E-state index contributed by atoms with van der Waals surface area (Å²) in [5, 5.41) is 0. The summed E-state index contributed by atoms with van der Waals surface area (Å²) in [4.78, 5) is 14.2. The van der Waals surface area contributed by atoms with Gasteiger partial charge in [-0.25, -0.2) is 8.42 Å². The van der Waals surface area contributed by atoms with E-state index >= 15 is 0 Å². The lowest BCUT2D eigenvalue weighted by Gasteiger charge is -2.28. The predicted molar refractivity (Wildman–Crippen MR) is 104 cm³/mol. The van der Waals surface area contributed by atoms with Crippen molar-refractivity contribution in [2.24, 2.45) is 0 Å². The smallest absolute Gasteiger partial charge is 0.261 e. The summed E-state index contributed by atoms with van der Waals surface area (Å²) in [5.74, 6) is 0.128. The lowest BCUT2D eigenvalue weighted by Crippen LogP contribution is -2.35. The number of hydrogen-bond donors (Lipinski definition) is 1. The number of anilines is 2. The summed E-state index contributed by atoms with van der Waals surface area (Å²) in [7, 11) is -3.65. The van der Waals surface area contributed by atoms with Crippen LogP contribution in [0.15, 0.2) is 41.3 Å². The molecule has 0 bridgehead atoms. The van der Waals surface area contributed by atoms with Crippen LogP contribution in [0, 0.1) is 20.8 Å². The summed E-state index contributed by atoms with van der Waals surface area (Å²) in [5.41, 5.74) is 4.21. The van der Waals surface area contributed by atoms with E-state index < -0.39 is 10.0 Å². The van der Waals surface area contributed by atoms with E-state index in [2.05, 4.69) is 4.72 Å². The zero-order chi connectivity index (χ0) is 18.9. The Labute approximate surface area is 155 Å². The Bertz CT molecular complexity index is 952. The van der Waals surface area contributed by atoms with Gasteiger partial charge in [0.05, 0.1) is 4.90 Å². The van der Waals surface area contributed by atoms with Crippen molar-refractivity contribution in [3.8, 4) is 0 Å². The van der Waals surface area contributed by atoms with Gasteiger partial charge in [0.1, 0.15) is 0 Å². The predicted octanol–water partition coefficient (Wildman–Crippen LogP) is 3.93. The molecular formula is C20H24N2O3S. The Morgan fingerprint density at radius 1 is 0.923 bits per heavy atom. The normalized spacial score (nSPS) is 15.2. The number of hydrogen-bond acceptors (Lipinski definition) is 3. The topological polar surface area (TPSA) is 66.5 Å². The van der Waals surface area contributed by atoms with E-state index in [4.69, 9.17) is 0 Å². The van der Waals surface area contributed by atoms with Crippen molar-refractivity contribution in [2.45, 2.75) is 44.9 Å². The maximum Gasteiger partial charge on any atom is 0.261 e. The van der Waals surface area contributed by atoms with Crippen molar-refractivity contribution in [1.82, 2.24) is 0 Å². The maximum atomic E-state index is 12.6. The van der Waals surface area contributed by atoms with Gasteiger partial charge in [-0.15, -0.1) is 0 Å². The third kappa shape index (κ3) is 3.75. The van der Waals surface area contributed by atoms with Gasteiger partial charge in [-0.1, -0.05) is 6.07 Å². The highest BCUT2D eigenvalue weighted by Gasteiger charge is 2.21. The monoisotopic (exact) mass is 372 g/mol. The molecule has 5 nitrogen and oxygen atoms in total. The van der Waals surface area contributed by atoms with Crippen LogP contribution in [-0.2, 0) is 14.8 Å². The molecule has 0 atom stereocenters. The molecule has 1 fully saturated rings. The number of nitrogens with one attached hydrogen (secondary N) is 1. The van der Waals surface area contributed by atoms with Crippen LogP contribution in [0.2, 0.25) is 0 Å². The molecular weight excluding hydrogens is 348 g/mol. The number of sulfonamides is 1. The molecule has 0 spiro atoms. The van der Waals surface area contributed by atoms with Gasteiger partial charge in [0, 0.05) is 24.3 Å². The summed E-state index contributed by atoms with van der Waals surface area (Å²) in [6, 6.07) is 10.4. The third-order valence-corrected chi connectivity index (χ3v) is 6.23. The number of rotatable bonds is 4. The van der Waals surface area contributed by atoms with E-state index in [-0.39, 0.29) is 10.8 Å². The average molecular weight is 372 g/mol. The molecule has 1 aliphatic heterocycles. The fraction of sp³-hybridized carbons (Fsp3) is 0.350. The van der Waals surface area contributed by atoms with Crippen molar-refractivity contribution >= 4 is 27.3 Å². The quantitative estimate of drug-likeness (QED) is 0.884. The van der Waals surface area contributed by atoms with Crippen molar-refractivity contribution < 1.29 is 13.2 Å². The molecule has 1 heterocycles. The molecule has 1 N–H and O–H groups in total. The van der Waals surface area contributed by atoms with Crippen molar-refractivity contribution in [3.63, 3.8) is 0 Å². The average Bonchev–Trinajstić information content (AvgIpc) is 2.58. The first-order chi connectivity index (χ1) is 12.3. The number of amides is 1. The minimum atomic E-state index is -3.65. The Balaban J connectivity index is 1.85. The molecule has 2 aromatic carbocycles. The molecule has 6 heteroatoms. The van der Waals surface area contributed by atoms with Gasteiger partial charge in [-0.3, -0.25) is 9.52 Å². The van der Waals surface area contributed by atoms with E-state index in [0.717, 1.165) is 35.2 Å². The molecule has 138 valence electrons. The van der Waals surface area contributed by atoms with Crippen LogP contribution in [0.25, 0.3) is 0 Å². The fourth-order valence-corrected chi connectivity index (χ4v) is 4.31. The van der Waals surface area contributed by atoms with Gasteiger partial charge in [0.2, 0.25) is 5.91 Å². The second-order valence-corrected chi connectivity index (χ2v) is 8.54. The summed E-state index contributed by atoms with van der Waals surface area (Å²) < 4.78 is 27.9. The Hall–Kier alpha value is -2.34. The van der Waals surface area contributed by atoms with Crippen LogP contribution in [0.5, 0.6) is 0 Å². The van der Waals surface area contributed by atoms with E-state index in [1.54, 1.807) is 35.2 Å². The minimum absolute atomic E-state index is 0.128. The zero-order valence-electron chi connectivity index (χ0n) is 15.4. The standard InChI is InChI=1S/C20H24N2O3S/c1-14-7-9-18(13-15(14)2)26(24,25)21-17-8-10-19(16(3)12-17)22-11-5-4-6-20(22)23/h7-10,12-13,21H,4-6,11H2,1-3H3.